The lowest BCUT2D eigenvalue weighted by Gasteiger charge is -2.30. The summed E-state index contributed by atoms with van der Waals surface area (Å²) >= 11 is 0. The van der Waals surface area contributed by atoms with Crippen LogP contribution in [0.15, 0.2) is 60.4 Å². The molecule has 1 aliphatic heterocycles. The molecule has 4 amide bonds. The van der Waals surface area contributed by atoms with Crippen LogP contribution in [0, 0.1) is 10.1 Å². The molecule has 0 fully saturated rings. The van der Waals surface area contributed by atoms with Crippen LogP contribution in [0.5, 0.6) is 0 Å². The third-order valence-corrected chi connectivity index (χ3v) is 4.58. The number of carbonyl (C=O) groups is 2. The van der Waals surface area contributed by atoms with Crippen LogP contribution in [0.1, 0.15) is 18.5 Å². The number of allylic oxidation sites excluding steroid dienone is 1. The molecule has 0 bridgehead atoms. The van der Waals surface area contributed by atoms with Gasteiger partial charge in [-0.15, -0.1) is 0 Å². The molecular formula is C19H16N6O4. The summed E-state index contributed by atoms with van der Waals surface area (Å²) in [6.07, 6.45) is 3.30. The number of nitro groups is 1. The van der Waals surface area contributed by atoms with Gasteiger partial charge in [0.2, 0.25) is 0 Å². The molecule has 0 radical (unpaired) electrons. The molecule has 2 aromatic carbocycles. The number of hydrogen-bond donors (Lipinski definition) is 3. The van der Waals surface area contributed by atoms with Crippen LogP contribution in [0.3, 0.4) is 0 Å². The van der Waals surface area contributed by atoms with Crippen molar-refractivity contribution in [3.05, 3.63) is 76.1 Å². The number of nitro benzene ring substituents is 1. The number of anilines is 1. The highest BCUT2D eigenvalue weighted by Gasteiger charge is 2.30. The lowest BCUT2D eigenvalue weighted by Crippen LogP contribution is -2.48. The van der Waals surface area contributed by atoms with E-state index in [1.54, 1.807) is 49.5 Å². The van der Waals surface area contributed by atoms with Crippen LogP contribution < -0.4 is 10.6 Å². The molecular weight excluding hydrogens is 376 g/mol. The van der Waals surface area contributed by atoms with Crippen LogP contribution in [-0.4, -0.2) is 32.1 Å². The largest absolute Gasteiger partial charge is 0.334 e. The minimum Gasteiger partial charge on any atom is -0.327 e. The Balaban J connectivity index is 1.55. The number of carbonyl (C=O) groups excluding carboxylic acids is 2. The SMILES string of the molecule is CC1=CC(c2cccc([N+](=O)[O-])c2)NC(=O)N1C(=O)Nc1ccc2[nH]ncc2c1. The van der Waals surface area contributed by atoms with Gasteiger partial charge < -0.3 is 10.6 Å². The van der Waals surface area contributed by atoms with Crippen molar-refractivity contribution in [3.8, 4) is 0 Å². The second-order valence-electron chi connectivity index (χ2n) is 6.52. The average Bonchev–Trinajstić information content (AvgIpc) is 3.15. The number of non-ortho nitro benzene ring substituents is 1. The first kappa shape index (κ1) is 18.2. The van der Waals surface area contributed by atoms with Gasteiger partial charge in [-0.3, -0.25) is 15.2 Å². The lowest BCUT2D eigenvalue weighted by molar-refractivity contribution is -0.384. The topological polar surface area (TPSA) is 133 Å². The van der Waals surface area contributed by atoms with Crippen LogP contribution >= 0.6 is 0 Å². The van der Waals surface area contributed by atoms with Crippen molar-refractivity contribution in [2.24, 2.45) is 0 Å². The Bertz CT molecular complexity index is 1170. The van der Waals surface area contributed by atoms with Crippen LogP contribution in [0.4, 0.5) is 21.0 Å². The van der Waals surface area contributed by atoms with Crippen LogP contribution in [0.25, 0.3) is 10.9 Å². The summed E-state index contributed by atoms with van der Waals surface area (Å²) in [5.41, 5.74) is 2.24. The van der Waals surface area contributed by atoms with Crippen molar-refractivity contribution in [1.82, 2.24) is 20.4 Å². The van der Waals surface area contributed by atoms with Crippen LogP contribution in [-0.2, 0) is 0 Å². The van der Waals surface area contributed by atoms with Crippen molar-refractivity contribution < 1.29 is 14.5 Å². The van der Waals surface area contributed by atoms with Gasteiger partial charge in [-0.25, -0.2) is 14.5 Å². The number of nitrogens with zero attached hydrogens (tertiary/aromatic N) is 3. The molecule has 3 aromatic rings. The van der Waals surface area contributed by atoms with Crippen molar-refractivity contribution >= 4 is 34.3 Å². The standard InChI is InChI=1S/C19H16N6O4/c1-11-7-17(12-3-2-4-15(9-12)25(28)29)22-19(27)24(11)18(26)21-14-5-6-16-13(8-14)10-20-23-16/h2-10,17H,1H3,(H,20,23)(H,21,26)(H,22,27). The minimum atomic E-state index is -0.622. The zero-order valence-electron chi connectivity index (χ0n) is 15.2. The van der Waals surface area contributed by atoms with E-state index in [2.05, 4.69) is 20.8 Å². The lowest BCUT2D eigenvalue weighted by atomic mass is 10.0. The zero-order valence-corrected chi connectivity index (χ0v) is 15.2. The van der Waals surface area contributed by atoms with E-state index in [0.29, 0.717) is 16.9 Å². The Morgan fingerprint density at radius 1 is 1.28 bits per heavy atom. The highest BCUT2D eigenvalue weighted by Crippen LogP contribution is 2.26. The van der Waals surface area contributed by atoms with E-state index in [1.807, 2.05) is 0 Å². The van der Waals surface area contributed by atoms with Gasteiger partial charge in [0.1, 0.15) is 0 Å². The van der Waals surface area contributed by atoms with Gasteiger partial charge in [-0.1, -0.05) is 12.1 Å². The van der Waals surface area contributed by atoms with E-state index in [1.165, 1.54) is 12.1 Å². The van der Waals surface area contributed by atoms with Crippen molar-refractivity contribution in [3.63, 3.8) is 0 Å². The molecule has 0 aliphatic carbocycles. The number of benzene rings is 2. The number of imide groups is 1. The minimum absolute atomic E-state index is 0.0717. The zero-order chi connectivity index (χ0) is 20.5. The summed E-state index contributed by atoms with van der Waals surface area (Å²) in [6, 6.07) is 9.40. The number of aromatic nitrogens is 2. The summed E-state index contributed by atoms with van der Waals surface area (Å²) in [6.45, 7) is 1.63. The first-order valence-corrected chi connectivity index (χ1v) is 8.70. The summed E-state index contributed by atoms with van der Waals surface area (Å²) in [4.78, 5) is 36.7. The molecule has 1 atom stereocenters. The van der Waals surface area contributed by atoms with Gasteiger partial charge in [0.05, 0.1) is 22.7 Å². The predicted molar refractivity (Wildman–Crippen MR) is 105 cm³/mol. The molecule has 10 nitrogen and oxygen atoms in total. The maximum absolute atomic E-state index is 12.6. The Morgan fingerprint density at radius 2 is 2.10 bits per heavy atom. The molecule has 10 heteroatoms. The molecule has 1 unspecified atom stereocenters. The number of hydrogen-bond acceptors (Lipinski definition) is 5. The van der Waals surface area contributed by atoms with E-state index >= 15 is 0 Å². The Labute approximate surface area is 164 Å². The predicted octanol–water partition coefficient (Wildman–Crippen LogP) is 3.67. The third kappa shape index (κ3) is 3.50. The summed E-state index contributed by atoms with van der Waals surface area (Å²) in [5.74, 6) is 0. The van der Waals surface area contributed by atoms with E-state index in [0.717, 1.165) is 15.8 Å². The fourth-order valence-electron chi connectivity index (χ4n) is 3.18. The molecule has 0 spiro atoms. The molecule has 3 N–H and O–H groups in total. The van der Waals surface area contributed by atoms with Crippen molar-refractivity contribution in [2.75, 3.05) is 5.32 Å². The summed E-state index contributed by atoms with van der Waals surface area (Å²) < 4.78 is 0. The van der Waals surface area contributed by atoms with Gasteiger partial charge in [0.25, 0.3) is 5.69 Å². The second kappa shape index (κ2) is 7.08. The normalized spacial score (nSPS) is 16.3. The molecule has 1 aliphatic rings. The molecule has 4 rings (SSSR count). The van der Waals surface area contributed by atoms with E-state index in [-0.39, 0.29) is 5.69 Å². The number of urea groups is 2. The highest BCUT2D eigenvalue weighted by atomic mass is 16.6. The van der Waals surface area contributed by atoms with Crippen molar-refractivity contribution in [1.29, 1.82) is 0 Å². The number of rotatable bonds is 3. The number of fused-ring (bicyclic) bond motifs is 1. The Hall–Kier alpha value is -4.21. The maximum Gasteiger partial charge on any atom is 0.334 e. The third-order valence-electron chi connectivity index (χ3n) is 4.58. The van der Waals surface area contributed by atoms with E-state index in [4.69, 9.17) is 0 Å². The fraction of sp³-hybridized carbons (Fsp3) is 0.105. The smallest absolute Gasteiger partial charge is 0.327 e. The van der Waals surface area contributed by atoms with Gasteiger partial charge >= 0.3 is 12.1 Å². The monoisotopic (exact) mass is 392 g/mol. The molecule has 0 saturated carbocycles. The van der Waals surface area contributed by atoms with Crippen molar-refractivity contribution in [2.45, 2.75) is 13.0 Å². The first-order chi connectivity index (χ1) is 13.9. The first-order valence-electron chi connectivity index (χ1n) is 8.70. The molecule has 2 heterocycles. The number of amides is 4. The summed E-state index contributed by atoms with van der Waals surface area (Å²) in [7, 11) is 0. The Morgan fingerprint density at radius 3 is 2.86 bits per heavy atom. The van der Waals surface area contributed by atoms with E-state index < -0.39 is 23.0 Å². The number of H-pyrrole nitrogens is 1. The van der Waals surface area contributed by atoms with Gasteiger partial charge in [0, 0.05) is 28.9 Å². The van der Waals surface area contributed by atoms with Gasteiger partial charge in [-0.2, -0.15) is 5.10 Å². The molecule has 1 aromatic heterocycles. The summed E-state index contributed by atoms with van der Waals surface area (Å²) in [5, 5.41) is 23.9. The quantitative estimate of drug-likeness (QED) is 0.462. The molecule has 29 heavy (non-hydrogen) atoms. The average molecular weight is 392 g/mol. The van der Waals surface area contributed by atoms with Gasteiger partial charge in [0.15, 0.2) is 0 Å². The van der Waals surface area contributed by atoms with Crippen LogP contribution in [0.2, 0.25) is 0 Å². The fourth-order valence-corrected chi connectivity index (χ4v) is 3.18. The molecule has 0 saturated heterocycles. The van der Waals surface area contributed by atoms with Gasteiger partial charge in [-0.05, 0) is 36.8 Å². The second-order valence-corrected chi connectivity index (χ2v) is 6.52. The maximum atomic E-state index is 12.6. The molecule has 146 valence electrons. The number of aromatic amines is 1. The highest BCUT2D eigenvalue weighted by molar-refractivity contribution is 6.03. The number of nitrogens with one attached hydrogen (secondary N) is 3. The van der Waals surface area contributed by atoms with E-state index in [9.17, 15) is 19.7 Å². The Kier molecular flexibility index (Phi) is 4.43.